The normalized spacial score (nSPS) is 17.5. The van der Waals surface area contributed by atoms with E-state index in [9.17, 15) is 13.2 Å². The molecule has 0 amide bonds. The number of hydrogen-bond acceptors (Lipinski definition) is 5. The number of hydrogen-bond donors (Lipinski definition) is 0. The van der Waals surface area contributed by atoms with Crippen molar-refractivity contribution in [2.75, 3.05) is 26.9 Å². The van der Waals surface area contributed by atoms with E-state index in [1.54, 1.807) is 20.1 Å². The Morgan fingerprint density at radius 1 is 1.16 bits per heavy atom. The number of rotatable bonds is 7. The second-order valence-electron chi connectivity index (χ2n) is 7.74. The van der Waals surface area contributed by atoms with Gasteiger partial charge >= 0.3 is 6.18 Å². The molecule has 0 spiro atoms. The molecule has 4 rings (SSSR count). The number of aromatic nitrogens is 3. The summed E-state index contributed by atoms with van der Waals surface area (Å²) < 4.78 is 52.0. The average Bonchev–Trinajstić information content (AvgIpc) is 3.33. The second-order valence-corrected chi connectivity index (χ2v) is 7.74. The number of benzene rings is 1. The van der Waals surface area contributed by atoms with Crippen molar-refractivity contribution in [1.82, 2.24) is 19.5 Å². The van der Waals surface area contributed by atoms with Crippen LogP contribution in [0.15, 0.2) is 36.4 Å². The first-order valence-electron chi connectivity index (χ1n) is 10.2. The topological polar surface area (TPSA) is 51.9 Å². The Morgan fingerprint density at radius 2 is 2.00 bits per heavy atom. The zero-order valence-corrected chi connectivity index (χ0v) is 17.5. The Bertz CT molecular complexity index is 1050. The van der Waals surface area contributed by atoms with Crippen molar-refractivity contribution in [3.05, 3.63) is 59.0 Å². The molecule has 1 aromatic carbocycles. The molecule has 3 heterocycles. The molecule has 1 atom stereocenters. The smallest absolute Gasteiger partial charge is 0.433 e. The number of alkyl halides is 3. The fourth-order valence-electron chi connectivity index (χ4n) is 4.04. The van der Waals surface area contributed by atoms with Gasteiger partial charge in [-0.3, -0.25) is 4.90 Å². The third kappa shape index (κ3) is 4.83. The average molecular weight is 434 g/mol. The minimum atomic E-state index is -4.49. The van der Waals surface area contributed by atoms with Crippen LogP contribution in [0.2, 0.25) is 0 Å². The molecule has 0 N–H and O–H groups in total. The fourth-order valence-corrected chi connectivity index (χ4v) is 4.04. The molecule has 0 radical (unpaired) electrons. The van der Waals surface area contributed by atoms with E-state index in [0.717, 1.165) is 41.3 Å². The van der Waals surface area contributed by atoms with Gasteiger partial charge in [-0.05, 0) is 50.1 Å². The summed E-state index contributed by atoms with van der Waals surface area (Å²) in [6.07, 6.45) is -2.69. The van der Waals surface area contributed by atoms with Crippen molar-refractivity contribution in [3.63, 3.8) is 0 Å². The number of nitrogens with zero attached hydrogens (tertiary/aromatic N) is 4. The molecule has 0 bridgehead atoms. The van der Waals surface area contributed by atoms with Crippen LogP contribution in [0.1, 0.15) is 41.5 Å². The summed E-state index contributed by atoms with van der Waals surface area (Å²) in [4.78, 5) is 6.50. The SMILES string of the molecule is COCCOc1cccc(CN2CCCC2c2cc3nc(C)cc(C(F)(F)F)n3n2)c1. The zero-order valence-electron chi connectivity index (χ0n) is 17.5. The van der Waals surface area contributed by atoms with Crippen LogP contribution >= 0.6 is 0 Å². The molecule has 166 valence electrons. The van der Waals surface area contributed by atoms with Gasteiger partial charge in [0, 0.05) is 25.4 Å². The molecule has 1 unspecified atom stereocenters. The van der Waals surface area contributed by atoms with Crippen molar-refractivity contribution in [2.45, 2.75) is 38.5 Å². The van der Waals surface area contributed by atoms with Crippen molar-refractivity contribution >= 4 is 5.65 Å². The quantitative estimate of drug-likeness (QED) is 0.516. The van der Waals surface area contributed by atoms with Crippen LogP contribution in [0.5, 0.6) is 5.75 Å². The molecule has 31 heavy (non-hydrogen) atoms. The molecule has 3 aromatic rings. The third-order valence-electron chi connectivity index (χ3n) is 5.41. The van der Waals surface area contributed by atoms with Gasteiger partial charge < -0.3 is 9.47 Å². The molecule has 6 nitrogen and oxygen atoms in total. The summed E-state index contributed by atoms with van der Waals surface area (Å²) in [5.41, 5.74) is 1.44. The maximum atomic E-state index is 13.5. The Balaban J connectivity index is 1.56. The molecule has 1 aliphatic heterocycles. The van der Waals surface area contributed by atoms with Crippen LogP contribution in [0.25, 0.3) is 5.65 Å². The fraction of sp³-hybridized carbons (Fsp3) is 0.455. The summed E-state index contributed by atoms with van der Waals surface area (Å²) >= 11 is 0. The summed E-state index contributed by atoms with van der Waals surface area (Å²) in [7, 11) is 1.63. The first-order valence-corrected chi connectivity index (χ1v) is 10.2. The summed E-state index contributed by atoms with van der Waals surface area (Å²) in [6.45, 7) is 4.07. The molecule has 0 saturated carbocycles. The van der Waals surface area contributed by atoms with E-state index in [-0.39, 0.29) is 11.7 Å². The number of ether oxygens (including phenoxy) is 2. The minimum absolute atomic E-state index is 0.0545. The third-order valence-corrected chi connectivity index (χ3v) is 5.41. The lowest BCUT2D eigenvalue weighted by Crippen LogP contribution is -2.23. The van der Waals surface area contributed by atoms with Gasteiger partial charge in [0.25, 0.3) is 0 Å². The minimum Gasteiger partial charge on any atom is -0.491 e. The molecule has 0 aliphatic carbocycles. The van der Waals surface area contributed by atoms with E-state index in [0.29, 0.717) is 31.1 Å². The number of methoxy groups -OCH3 is 1. The molecule has 2 aromatic heterocycles. The Kier molecular flexibility index (Phi) is 6.15. The Hall–Kier alpha value is -2.65. The van der Waals surface area contributed by atoms with Gasteiger partial charge in [-0.2, -0.15) is 18.3 Å². The van der Waals surface area contributed by atoms with Gasteiger partial charge in [-0.25, -0.2) is 9.50 Å². The van der Waals surface area contributed by atoms with Crippen molar-refractivity contribution < 1.29 is 22.6 Å². The van der Waals surface area contributed by atoms with E-state index in [2.05, 4.69) is 15.0 Å². The number of fused-ring (bicyclic) bond motifs is 1. The summed E-state index contributed by atoms with van der Waals surface area (Å²) in [5.74, 6) is 0.771. The molecule has 9 heteroatoms. The number of likely N-dealkylation sites (tertiary alicyclic amines) is 1. The van der Waals surface area contributed by atoms with Crippen LogP contribution in [0.4, 0.5) is 13.2 Å². The van der Waals surface area contributed by atoms with Gasteiger partial charge in [0.2, 0.25) is 0 Å². The van der Waals surface area contributed by atoms with E-state index >= 15 is 0 Å². The van der Waals surface area contributed by atoms with Crippen molar-refractivity contribution in [3.8, 4) is 5.75 Å². The zero-order chi connectivity index (χ0) is 22.0. The van der Waals surface area contributed by atoms with Gasteiger partial charge in [0.1, 0.15) is 18.1 Å². The van der Waals surface area contributed by atoms with Crippen molar-refractivity contribution in [1.29, 1.82) is 0 Å². The molecular weight excluding hydrogens is 409 g/mol. The summed E-state index contributed by atoms with van der Waals surface area (Å²) in [6, 6.07) is 10.5. The molecule has 1 saturated heterocycles. The van der Waals surface area contributed by atoms with Crippen LogP contribution in [0.3, 0.4) is 0 Å². The standard InChI is InChI=1S/C22H25F3N4O2/c1-15-11-20(22(23,24)25)29-21(26-15)13-18(27-29)19-7-4-8-28(19)14-16-5-3-6-17(12-16)31-10-9-30-2/h3,5-6,11-13,19H,4,7-10,14H2,1-2H3. The lowest BCUT2D eigenvalue weighted by Gasteiger charge is -2.23. The van der Waals surface area contributed by atoms with Crippen LogP contribution in [-0.2, 0) is 17.5 Å². The highest BCUT2D eigenvalue weighted by atomic mass is 19.4. The van der Waals surface area contributed by atoms with Crippen LogP contribution < -0.4 is 4.74 Å². The lowest BCUT2D eigenvalue weighted by molar-refractivity contribution is -0.142. The van der Waals surface area contributed by atoms with E-state index < -0.39 is 11.9 Å². The maximum absolute atomic E-state index is 13.5. The highest BCUT2D eigenvalue weighted by Crippen LogP contribution is 2.35. The Labute approximate surface area is 178 Å². The van der Waals surface area contributed by atoms with Gasteiger partial charge in [-0.1, -0.05) is 12.1 Å². The molecule has 1 aliphatic rings. The van der Waals surface area contributed by atoms with E-state index in [1.807, 2.05) is 24.3 Å². The number of halogens is 3. The van der Waals surface area contributed by atoms with Crippen LogP contribution in [-0.4, -0.2) is 46.4 Å². The highest BCUT2D eigenvalue weighted by Gasteiger charge is 2.36. The predicted molar refractivity (Wildman–Crippen MR) is 109 cm³/mol. The second kappa shape index (κ2) is 8.84. The van der Waals surface area contributed by atoms with Crippen LogP contribution in [0, 0.1) is 6.92 Å². The van der Waals surface area contributed by atoms with Gasteiger partial charge in [0.15, 0.2) is 5.65 Å². The monoisotopic (exact) mass is 434 g/mol. The lowest BCUT2D eigenvalue weighted by atomic mass is 10.1. The van der Waals surface area contributed by atoms with E-state index in [4.69, 9.17) is 9.47 Å². The van der Waals surface area contributed by atoms with E-state index in [1.165, 1.54) is 0 Å². The first kappa shape index (κ1) is 21.6. The van der Waals surface area contributed by atoms with Crippen molar-refractivity contribution in [2.24, 2.45) is 0 Å². The Morgan fingerprint density at radius 3 is 2.77 bits per heavy atom. The first-order chi connectivity index (χ1) is 14.8. The van der Waals surface area contributed by atoms with Gasteiger partial charge in [-0.15, -0.1) is 0 Å². The predicted octanol–water partition coefficient (Wildman–Crippen LogP) is 4.42. The molecule has 1 fully saturated rings. The highest BCUT2D eigenvalue weighted by molar-refractivity contribution is 5.43. The maximum Gasteiger partial charge on any atom is 0.433 e. The number of aryl methyl sites for hydroxylation is 1. The summed E-state index contributed by atoms with van der Waals surface area (Å²) in [5, 5.41) is 4.32. The van der Waals surface area contributed by atoms with Gasteiger partial charge in [0.05, 0.1) is 18.3 Å². The molecular formula is C22H25F3N4O2. The largest absolute Gasteiger partial charge is 0.491 e.